The number of benzene rings is 2. The SMILES string of the molecule is CO[C@](C)(CNC(=O)C1(c2ccccc2)CCOCC1)c1cccc(Cl)c1. The Bertz CT molecular complexity index is 774. The number of rotatable bonds is 6. The summed E-state index contributed by atoms with van der Waals surface area (Å²) < 4.78 is 11.3. The fourth-order valence-corrected chi connectivity index (χ4v) is 3.84. The number of hydrogen-bond acceptors (Lipinski definition) is 3. The maximum Gasteiger partial charge on any atom is 0.230 e. The van der Waals surface area contributed by atoms with Gasteiger partial charge in [-0.25, -0.2) is 0 Å². The maximum absolute atomic E-state index is 13.3. The van der Waals surface area contributed by atoms with E-state index >= 15 is 0 Å². The molecule has 1 N–H and O–H groups in total. The van der Waals surface area contributed by atoms with Gasteiger partial charge in [0.2, 0.25) is 5.91 Å². The number of amides is 1. The lowest BCUT2D eigenvalue weighted by Gasteiger charge is -2.38. The highest BCUT2D eigenvalue weighted by atomic mass is 35.5. The summed E-state index contributed by atoms with van der Waals surface area (Å²) in [5.41, 5.74) is 0.734. The molecule has 3 rings (SSSR count). The van der Waals surface area contributed by atoms with Crippen LogP contribution in [-0.4, -0.2) is 32.8 Å². The Labute approximate surface area is 165 Å². The van der Waals surface area contributed by atoms with E-state index in [2.05, 4.69) is 5.32 Å². The average Bonchev–Trinajstić information content (AvgIpc) is 2.73. The predicted octanol–water partition coefficient (Wildman–Crippen LogP) is 4.07. The van der Waals surface area contributed by atoms with Gasteiger partial charge in [-0.05, 0) is 43.0 Å². The summed E-state index contributed by atoms with van der Waals surface area (Å²) >= 11 is 6.14. The van der Waals surface area contributed by atoms with Gasteiger partial charge in [-0.1, -0.05) is 54.1 Å². The van der Waals surface area contributed by atoms with Crippen LogP contribution in [0.2, 0.25) is 5.02 Å². The minimum atomic E-state index is -0.663. The Hall–Kier alpha value is -1.88. The summed E-state index contributed by atoms with van der Waals surface area (Å²) in [6.45, 7) is 3.48. The molecule has 0 radical (unpaired) electrons. The third-order valence-electron chi connectivity index (χ3n) is 5.58. The molecule has 0 saturated carbocycles. The van der Waals surface area contributed by atoms with Crippen molar-refractivity contribution in [3.05, 3.63) is 70.7 Å². The Balaban J connectivity index is 1.81. The summed E-state index contributed by atoms with van der Waals surface area (Å²) in [6, 6.07) is 17.5. The summed E-state index contributed by atoms with van der Waals surface area (Å²) in [6.07, 6.45) is 1.34. The van der Waals surface area contributed by atoms with Crippen LogP contribution in [0.4, 0.5) is 0 Å². The fourth-order valence-electron chi connectivity index (χ4n) is 3.65. The van der Waals surface area contributed by atoms with Crippen LogP contribution in [0, 0.1) is 0 Å². The lowest BCUT2D eigenvalue weighted by molar-refractivity contribution is -0.132. The molecule has 4 nitrogen and oxygen atoms in total. The first-order chi connectivity index (χ1) is 13.0. The molecule has 1 amide bonds. The van der Waals surface area contributed by atoms with Gasteiger partial charge in [0.05, 0.1) is 12.0 Å². The van der Waals surface area contributed by atoms with Crippen molar-refractivity contribution in [2.45, 2.75) is 30.8 Å². The first kappa shape index (κ1) is 19.9. The molecule has 0 unspecified atom stereocenters. The number of carbonyl (C=O) groups is 1. The largest absolute Gasteiger partial charge is 0.381 e. The van der Waals surface area contributed by atoms with E-state index in [-0.39, 0.29) is 5.91 Å². The van der Waals surface area contributed by atoms with Crippen molar-refractivity contribution in [2.75, 3.05) is 26.9 Å². The second kappa shape index (κ2) is 8.42. The van der Waals surface area contributed by atoms with Gasteiger partial charge in [0.25, 0.3) is 0 Å². The molecule has 1 aliphatic heterocycles. The van der Waals surface area contributed by atoms with Crippen LogP contribution in [0.3, 0.4) is 0 Å². The second-order valence-electron chi connectivity index (χ2n) is 7.19. The van der Waals surface area contributed by atoms with E-state index in [0.717, 1.165) is 11.1 Å². The van der Waals surface area contributed by atoms with E-state index < -0.39 is 11.0 Å². The highest BCUT2D eigenvalue weighted by Crippen LogP contribution is 2.35. The maximum atomic E-state index is 13.3. The quantitative estimate of drug-likeness (QED) is 0.812. The van der Waals surface area contributed by atoms with Gasteiger partial charge >= 0.3 is 0 Å². The summed E-state index contributed by atoms with van der Waals surface area (Å²) in [5.74, 6) is 0.0160. The lowest BCUT2D eigenvalue weighted by atomic mass is 9.73. The predicted molar refractivity (Wildman–Crippen MR) is 107 cm³/mol. The van der Waals surface area contributed by atoms with E-state index in [1.54, 1.807) is 7.11 Å². The first-order valence-electron chi connectivity index (χ1n) is 9.23. The van der Waals surface area contributed by atoms with Crippen LogP contribution in [0.25, 0.3) is 0 Å². The average molecular weight is 388 g/mol. The minimum absolute atomic E-state index is 0.0160. The Morgan fingerprint density at radius 1 is 1.19 bits per heavy atom. The Kier molecular flexibility index (Phi) is 6.20. The number of nitrogens with one attached hydrogen (secondary N) is 1. The van der Waals surface area contributed by atoms with Crippen LogP contribution in [-0.2, 0) is 25.3 Å². The van der Waals surface area contributed by atoms with Crippen molar-refractivity contribution in [2.24, 2.45) is 0 Å². The van der Waals surface area contributed by atoms with Crippen LogP contribution in [0.1, 0.15) is 30.9 Å². The van der Waals surface area contributed by atoms with Crippen molar-refractivity contribution in [3.8, 4) is 0 Å². The lowest BCUT2D eigenvalue weighted by Crippen LogP contribution is -2.51. The van der Waals surface area contributed by atoms with Gasteiger partial charge in [-0.3, -0.25) is 4.79 Å². The van der Waals surface area contributed by atoms with E-state index in [0.29, 0.717) is 37.6 Å². The summed E-state index contributed by atoms with van der Waals surface area (Å²) in [7, 11) is 1.65. The normalized spacial score (nSPS) is 18.5. The van der Waals surface area contributed by atoms with Gasteiger partial charge in [0.15, 0.2) is 0 Å². The highest BCUT2D eigenvalue weighted by Gasteiger charge is 2.42. The van der Waals surface area contributed by atoms with Crippen molar-refractivity contribution in [1.29, 1.82) is 0 Å². The topological polar surface area (TPSA) is 47.6 Å². The summed E-state index contributed by atoms with van der Waals surface area (Å²) in [5, 5.41) is 3.78. The molecule has 1 heterocycles. The Morgan fingerprint density at radius 3 is 2.52 bits per heavy atom. The van der Waals surface area contributed by atoms with Gasteiger partial charge in [-0.15, -0.1) is 0 Å². The monoisotopic (exact) mass is 387 g/mol. The number of hydrogen-bond donors (Lipinski definition) is 1. The fraction of sp³-hybridized carbons (Fsp3) is 0.409. The molecule has 2 aromatic rings. The third-order valence-corrected chi connectivity index (χ3v) is 5.81. The van der Waals surface area contributed by atoms with Crippen LogP contribution >= 0.6 is 11.6 Å². The van der Waals surface area contributed by atoms with Crippen molar-refractivity contribution >= 4 is 17.5 Å². The number of methoxy groups -OCH3 is 1. The smallest absolute Gasteiger partial charge is 0.230 e. The van der Waals surface area contributed by atoms with Gasteiger partial charge in [0, 0.05) is 25.3 Å². The molecule has 1 atom stereocenters. The number of carbonyl (C=O) groups excluding carboxylic acids is 1. The van der Waals surface area contributed by atoms with Gasteiger partial charge in [-0.2, -0.15) is 0 Å². The minimum Gasteiger partial charge on any atom is -0.381 e. The van der Waals surface area contributed by atoms with E-state index in [1.165, 1.54) is 0 Å². The van der Waals surface area contributed by atoms with E-state index in [1.807, 2.05) is 61.5 Å². The second-order valence-corrected chi connectivity index (χ2v) is 7.62. The Morgan fingerprint density at radius 2 is 1.89 bits per heavy atom. The highest BCUT2D eigenvalue weighted by molar-refractivity contribution is 6.30. The molecule has 2 aromatic carbocycles. The van der Waals surface area contributed by atoms with Crippen molar-refractivity contribution in [3.63, 3.8) is 0 Å². The standard InChI is InChI=1S/C22H26ClNO3/c1-21(26-2,18-9-6-10-19(23)15-18)16-24-20(25)22(11-13-27-14-12-22)17-7-4-3-5-8-17/h3-10,15H,11-14,16H2,1-2H3,(H,24,25)/t21-/m1/s1. The zero-order chi connectivity index (χ0) is 19.3. The molecular formula is C22H26ClNO3. The van der Waals surface area contributed by atoms with Gasteiger partial charge < -0.3 is 14.8 Å². The van der Waals surface area contributed by atoms with E-state index in [9.17, 15) is 4.79 Å². The molecular weight excluding hydrogens is 362 g/mol. The molecule has 144 valence electrons. The van der Waals surface area contributed by atoms with Crippen LogP contribution in [0.5, 0.6) is 0 Å². The summed E-state index contributed by atoms with van der Waals surface area (Å²) in [4.78, 5) is 13.3. The molecule has 0 spiro atoms. The molecule has 27 heavy (non-hydrogen) atoms. The molecule has 1 aliphatic rings. The van der Waals surface area contributed by atoms with Crippen molar-refractivity contribution < 1.29 is 14.3 Å². The van der Waals surface area contributed by atoms with Gasteiger partial charge in [0.1, 0.15) is 5.60 Å². The first-order valence-corrected chi connectivity index (χ1v) is 9.61. The molecule has 0 bridgehead atoms. The van der Waals surface area contributed by atoms with Crippen molar-refractivity contribution in [1.82, 2.24) is 5.32 Å². The molecule has 0 aromatic heterocycles. The third kappa shape index (κ3) is 4.18. The molecule has 1 fully saturated rings. The van der Waals surface area contributed by atoms with Crippen LogP contribution < -0.4 is 5.32 Å². The van der Waals surface area contributed by atoms with E-state index in [4.69, 9.17) is 21.1 Å². The molecule has 1 saturated heterocycles. The molecule has 5 heteroatoms. The molecule has 0 aliphatic carbocycles. The zero-order valence-corrected chi connectivity index (χ0v) is 16.6. The zero-order valence-electron chi connectivity index (χ0n) is 15.8. The number of halogens is 1. The number of ether oxygens (including phenoxy) is 2. The van der Waals surface area contributed by atoms with Crippen LogP contribution in [0.15, 0.2) is 54.6 Å².